The van der Waals surface area contributed by atoms with Crippen molar-refractivity contribution >= 4 is 11.9 Å². The number of methoxy groups -OCH3 is 1. The molecule has 0 aliphatic rings. The fraction of sp³-hybridized carbons (Fsp3) is 0.214. The van der Waals surface area contributed by atoms with E-state index in [4.69, 9.17) is 11.5 Å². The number of nitrogens with zero attached hydrogens (tertiary/aromatic N) is 2. The number of aromatic nitrogens is 2. The molecule has 0 unspecified atom stereocenters. The van der Waals surface area contributed by atoms with Crippen LogP contribution in [0.3, 0.4) is 0 Å². The lowest BCUT2D eigenvalue weighted by Gasteiger charge is -2.09. The second-order valence-corrected chi connectivity index (χ2v) is 4.36. The molecule has 2 rings (SSSR count). The van der Waals surface area contributed by atoms with Gasteiger partial charge in [-0.15, -0.1) is 0 Å². The quantitative estimate of drug-likeness (QED) is 0.797. The molecule has 104 valence electrons. The molecule has 0 amide bonds. The van der Waals surface area contributed by atoms with Gasteiger partial charge >= 0.3 is 5.97 Å². The Balaban J connectivity index is 2.10. The van der Waals surface area contributed by atoms with Gasteiger partial charge in [-0.05, 0) is 17.5 Å². The van der Waals surface area contributed by atoms with Crippen LogP contribution < -0.4 is 11.5 Å². The SMILES string of the molecule is COC(=O)[C@@H](N)Cc1ccc(-c2cnc(N)nc2)cc1. The smallest absolute Gasteiger partial charge is 0.322 e. The summed E-state index contributed by atoms with van der Waals surface area (Å²) in [5.74, 6) is -0.171. The van der Waals surface area contributed by atoms with Crippen LogP contribution in [0.15, 0.2) is 36.7 Å². The van der Waals surface area contributed by atoms with E-state index in [2.05, 4.69) is 14.7 Å². The van der Waals surface area contributed by atoms with E-state index in [-0.39, 0.29) is 5.95 Å². The molecule has 0 saturated carbocycles. The molecule has 6 heteroatoms. The Hall–Kier alpha value is -2.47. The third-order valence-electron chi connectivity index (χ3n) is 2.92. The van der Waals surface area contributed by atoms with Crippen molar-refractivity contribution in [2.75, 3.05) is 12.8 Å². The lowest BCUT2D eigenvalue weighted by Crippen LogP contribution is -2.33. The summed E-state index contributed by atoms with van der Waals surface area (Å²) in [7, 11) is 1.33. The van der Waals surface area contributed by atoms with Gasteiger partial charge in [0.15, 0.2) is 0 Å². The normalized spacial score (nSPS) is 11.9. The molecule has 1 aromatic heterocycles. The van der Waals surface area contributed by atoms with Crippen molar-refractivity contribution in [3.05, 3.63) is 42.2 Å². The number of hydrogen-bond donors (Lipinski definition) is 2. The van der Waals surface area contributed by atoms with Gasteiger partial charge in [-0.3, -0.25) is 4.79 Å². The predicted octanol–water partition coefficient (Wildman–Crippen LogP) is 0.769. The monoisotopic (exact) mass is 272 g/mol. The fourth-order valence-electron chi connectivity index (χ4n) is 1.81. The van der Waals surface area contributed by atoms with Crippen LogP contribution in [0, 0.1) is 0 Å². The van der Waals surface area contributed by atoms with E-state index >= 15 is 0 Å². The molecule has 0 bridgehead atoms. The molecule has 1 heterocycles. The van der Waals surface area contributed by atoms with Crippen molar-refractivity contribution in [3.8, 4) is 11.1 Å². The number of hydrogen-bond acceptors (Lipinski definition) is 6. The van der Waals surface area contributed by atoms with E-state index in [1.54, 1.807) is 12.4 Å². The van der Waals surface area contributed by atoms with Gasteiger partial charge in [0.25, 0.3) is 0 Å². The fourth-order valence-corrected chi connectivity index (χ4v) is 1.81. The topological polar surface area (TPSA) is 104 Å². The van der Waals surface area contributed by atoms with Crippen molar-refractivity contribution in [1.29, 1.82) is 0 Å². The highest BCUT2D eigenvalue weighted by Crippen LogP contribution is 2.18. The van der Waals surface area contributed by atoms with Crippen LogP contribution in [0.5, 0.6) is 0 Å². The molecule has 0 aliphatic heterocycles. The van der Waals surface area contributed by atoms with Crippen molar-refractivity contribution in [1.82, 2.24) is 9.97 Å². The van der Waals surface area contributed by atoms with Crippen molar-refractivity contribution in [2.24, 2.45) is 5.73 Å². The van der Waals surface area contributed by atoms with E-state index in [9.17, 15) is 4.79 Å². The van der Waals surface area contributed by atoms with Crippen molar-refractivity contribution in [3.63, 3.8) is 0 Å². The Kier molecular flexibility index (Phi) is 4.27. The summed E-state index contributed by atoms with van der Waals surface area (Å²) < 4.78 is 4.60. The van der Waals surface area contributed by atoms with Gasteiger partial charge in [0.1, 0.15) is 6.04 Å². The second-order valence-electron chi connectivity index (χ2n) is 4.36. The molecule has 0 fully saturated rings. The van der Waals surface area contributed by atoms with Gasteiger partial charge in [-0.1, -0.05) is 24.3 Å². The van der Waals surface area contributed by atoms with E-state index < -0.39 is 12.0 Å². The zero-order chi connectivity index (χ0) is 14.5. The van der Waals surface area contributed by atoms with Gasteiger partial charge in [0.05, 0.1) is 7.11 Å². The summed E-state index contributed by atoms with van der Waals surface area (Å²) in [6.07, 6.45) is 3.76. The van der Waals surface area contributed by atoms with Crippen LogP contribution >= 0.6 is 0 Å². The third kappa shape index (κ3) is 3.30. The number of nitrogens with two attached hydrogens (primary N) is 2. The van der Waals surface area contributed by atoms with Crippen LogP contribution in [0.4, 0.5) is 5.95 Å². The first-order valence-corrected chi connectivity index (χ1v) is 6.10. The molecule has 20 heavy (non-hydrogen) atoms. The molecular weight excluding hydrogens is 256 g/mol. The summed E-state index contributed by atoms with van der Waals surface area (Å²) in [5.41, 5.74) is 14.0. The van der Waals surface area contributed by atoms with Gasteiger partial charge in [0.2, 0.25) is 5.95 Å². The molecule has 1 aromatic carbocycles. The van der Waals surface area contributed by atoms with E-state index in [0.29, 0.717) is 6.42 Å². The number of esters is 1. The predicted molar refractivity (Wildman–Crippen MR) is 75.6 cm³/mol. The Morgan fingerprint density at radius 1 is 1.20 bits per heavy atom. The number of carbonyl (C=O) groups is 1. The number of benzene rings is 1. The number of rotatable bonds is 4. The van der Waals surface area contributed by atoms with Crippen LogP contribution in [0.25, 0.3) is 11.1 Å². The molecule has 0 radical (unpaired) electrons. The maximum atomic E-state index is 11.3. The first kappa shape index (κ1) is 14.0. The van der Waals surface area contributed by atoms with Gasteiger partial charge in [-0.2, -0.15) is 0 Å². The van der Waals surface area contributed by atoms with Gasteiger partial charge in [0, 0.05) is 18.0 Å². The first-order valence-electron chi connectivity index (χ1n) is 6.10. The largest absolute Gasteiger partial charge is 0.468 e. The molecule has 0 spiro atoms. The zero-order valence-electron chi connectivity index (χ0n) is 11.1. The van der Waals surface area contributed by atoms with Crippen molar-refractivity contribution < 1.29 is 9.53 Å². The Morgan fingerprint density at radius 3 is 2.35 bits per heavy atom. The highest BCUT2D eigenvalue weighted by atomic mass is 16.5. The summed E-state index contributed by atoms with van der Waals surface area (Å²) in [6.45, 7) is 0. The molecule has 0 aliphatic carbocycles. The molecular formula is C14H16N4O2. The van der Waals surface area contributed by atoms with Gasteiger partial charge < -0.3 is 16.2 Å². The maximum Gasteiger partial charge on any atom is 0.322 e. The Bertz CT molecular complexity index is 581. The van der Waals surface area contributed by atoms with Crippen LogP contribution in [0.1, 0.15) is 5.56 Å². The number of carbonyl (C=O) groups excluding carboxylic acids is 1. The lowest BCUT2D eigenvalue weighted by molar-refractivity contribution is -0.142. The Morgan fingerprint density at radius 2 is 1.80 bits per heavy atom. The highest BCUT2D eigenvalue weighted by Gasteiger charge is 2.14. The lowest BCUT2D eigenvalue weighted by atomic mass is 10.0. The average molecular weight is 272 g/mol. The van der Waals surface area contributed by atoms with Crippen LogP contribution in [-0.2, 0) is 16.0 Å². The van der Waals surface area contributed by atoms with Crippen LogP contribution in [0.2, 0.25) is 0 Å². The highest BCUT2D eigenvalue weighted by molar-refractivity contribution is 5.75. The minimum atomic E-state index is -0.647. The van der Waals surface area contributed by atoms with Gasteiger partial charge in [-0.25, -0.2) is 9.97 Å². The van der Waals surface area contributed by atoms with E-state index in [1.807, 2.05) is 24.3 Å². The van der Waals surface area contributed by atoms with E-state index in [0.717, 1.165) is 16.7 Å². The molecule has 4 N–H and O–H groups in total. The number of nitrogen functional groups attached to an aromatic ring is 1. The second kappa shape index (κ2) is 6.12. The minimum absolute atomic E-state index is 0.245. The summed E-state index contributed by atoms with van der Waals surface area (Å²) in [5, 5.41) is 0. The minimum Gasteiger partial charge on any atom is -0.468 e. The summed E-state index contributed by atoms with van der Waals surface area (Å²) in [6, 6.07) is 7.02. The van der Waals surface area contributed by atoms with Crippen LogP contribution in [-0.4, -0.2) is 29.1 Å². The first-order chi connectivity index (χ1) is 9.60. The number of anilines is 1. The zero-order valence-corrected chi connectivity index (χ0v) is 11.1. The molecule has 1 atom stereocenters. The maximum absolute atomic E-state index is 11.3. The molecule has 0 saturated heterocycles. The third-order valence-corrected chi connectivity index (χ3v) is 2.92. The van der Waals surface area contributed by atoms with E-state index in [1.165, 1.54) is 7.11 Å². The summed E-state index contributed by atoms with van der Waals surface area (Å²) in [4.78, 5) is 19.2. The number of ether oxygens (including phenoxy) is 1. The summed E-state index contributed by atoms with van der Waals surface area (Å²) >= 11 is 0. The average Bonchev–Trinajstić information content (AvgIpc) is 2.48. The molecule has 2 aromatic rings. The molecule has 6 nitrogen and oxygen atoms in total. The Labute approximate surface area is 116 Å². The van der Waals surface area contributed by atoms with Crippen molar-refractivity contribution in [2.45, 2.75) is 12.5 Å². The standard InChI is InChI=1S/C14H16N4O2/c1-20-13(19)12(15)6-9-2-4-10(5-3-9)11-7-17-14(16)18-8-11/h2-5,7-8,12H,6,15H2,1H3,(H2,16,17,18)/t12-/m0/s1.